The molecule has 0 radical (unpaired) electrons. The molecule has 3 aromatic rings. The van der Waals surface area contributed by atoms with Gasteiger partial charge < -0.3 is 5.32 Å². The fourth-order valence-corrected chi connectivity index (χ4v) is 2.63. The van der Waals surface area contributed by atoms with E-state index < -0.39 is 0 Å². The predicted octanol–water partition coefficient (Wildman–Crippen LogP) is 2.12. The van der Waals surface area contributed by atoms with E-state index in [1.165, 1.54) is 6.33 Å². The van der Waals surface area contributed by atoms with Gasteiger partial charge in [-0.1, -0.05) is 0 Å². The van der Waals surface area contributed by atoms with Crippen LogP contribution in [-0.2, 0) is 13.1 Å². The van der Waals surface area contributed by atoms with Gasteiger partial charge >= 0.3 is 0 Å². The van der Waals surface area contributed by atoms with Crippen LogP contribution in [0.25, 0.3) is 11.0 Å². The lowest BCUT2D eigenvalue weighted by molar-refractivity contribution is 0.643. The first-order valence-electron chi connectivity index (χ1n) is 6.46. The normalized spacial score (nSPS) is 10.7. The van der Waals surface area contributed by atoms with E-state index in [1.807, 2.05) is 12.3 Å². The zero-order valence-corrected chi connectivity index (χ0v) is 12.3. The summed E-state index contributed by atoms with van der Waals surface area (Å²) >= 11 is 1.63. The molecule has 0 saturated heterocycles. The van der Waals surface area contributed by atoms with E-state index in [4.69, 9.17) is 5.26 Å². The molecular weight excluding hydrogens is 286 g/mol. The fraction of sp³-hybridized carbons (Fsp3) is 0.308. The lowest BCUT2D eigenvalue weighted by atomic mass is 10.3. The standard InChI is InChI=1S/C13H13N7S/c1-9-19-10(7-21-9)5-15-12-11-6-18-20(4-2-3-14)13(11)17-8-16-12/h6-8H,2,4-5H2,1H3,(H,15,16,17). The molecule has 7 nitrogen and oxygen atoms in total. The predicted molar refractivity (Wildman–Crippen MR) is 79.7 cm³/mol. The van der Waals surface area contributed by atoms with E-state index in [0.717, 1.165) is 27.6 Å². The van der Waals surface area contributed by atoms with Crippen LogP contribution in [0.1, 0.15) is 17.1 Å². The molecule has 0 unspecified atom stereocenters. The highest BCUT2D eigenvalue weighted by Gasteiger charge is 2.09. The maximum Gasteiger partial charge on any atom is 0.163 e. The third-order valence-corrected chi connectivity index (χ3v) is 3.79. The highest BCUT2D eigenvalue weighted by molar-refractivity contribution is 7.09. The van der Waals surface area contributed by atoms with Crippen LogP contribution in [0, 0.1) is 18.3 Å². The summed E-state index contributed by atoms with van der Waals surface area (Å²) in [6.45, 7) is 3.12. The molecule has 1 N–H and O–H groups in total. The van der Waals surface area contributed by atoms with Gasteiger partial charge in [-0.15, -0.1) is 11.3 Å². The molecule has 3 rings (SSSR count). The number of aromatic nitrogens is 5. The third kappa shape index (κ3) is 2.83. The second-order valence-corrected chi connectivity index (χ2v) is 5.51. The van der Waals surface area contributed by atoms with Gasteiger partial charge in [0.15, 0.2) is 5.65 Å². The largest absolute Gasteiger partial charge is 0.364 e. The van der Waals surface area contributed by atoms with Crippen molar-refractivity contribution in [2.75, 3.05) is 5.32 Å². The number of anilines is 1. The van der Waals surface area contributed by atoms with Crippen molar-refractivity contribution in [3.8, 4) is 6.07 Å². The molecule has 0 amide bonds. The van der Waals surface area contributed by atoms with Gasteiger partial charge in [-0.25, -0.2) is 19.6 Å². The van der Waals surface area contributed by atoms with Gasteiger partial charge in [0.2, 0.25) is 0 Å². The molecular formula is C13H13N7S. The molecule has 0 aliphatic heterocycles. The highest BCUT2D eigenvalue weighted by Crippen LogP contribution is 2.19. The van der Waals surface area contributed by atoms with E-state index in [-0.39, 0.29) is 0 Å². The van der Waals surface area contributed by atoms with Crippen molar-refractivity contribution in [1.29, 1.82) is 5.26 Å². The smallest absolute Gasteiger partial charge is 0.163 e. The van der Waals surface area contributed by atoms with E-state index >= 15 is 0 Å². The average Bonchev–Trinajstić information content (AvgIpc) is 3.09. The number of fused-ring (bicyclic) bond motifs is 1. The fourth-order valence-electron chi connectivity index (χ4n) is 2.02. The van der Waals surface area contributed by atoms with E-state index in [9.17, 15) is 0 Å². The monoisotopic (exact) mass is 299 g/mol. The van der Waals surface area contributed by atoms with Gasteiger partial charge in [0, 0.05) is 5.38 Å². The summed E-state index contributed by atoms with van der Waals surface area (Å²) in [5, 5.41) is 20.1. The summed E-state index contributed by atoms with van der Waals surface area (Å²) in [5.41, 5.74) is 1.72. The summed E-state index contributed by atoms with van der Waals surface area (Å²) in [7, 11) is 0. The summed E-state index contributed by atoms with van der Waals surface area (Å²) in [5.74, 6) is 0.730. The van der Waals surface area contributed by atoms with Gasteiger partial charge in [0.1, 0.15) is 12.1 Å². The number of aryl methyl sites for hydroxylation is 2. The van der Waals surface area contributed by atoms with Crippen molar-refractivity contribution in [1.82, 2.24) is 24.7 Å². The lowest BCUT2D eigenvalue weighted by Crippen LogP contribution is -2.04. The Kier molecular flexibility index (Phi) is 3.75. The van der Waals surface area contributed by atoms with Crippen LogP contribution in [0.5, 0.6) is 0 Å². The molecule has 0 aliphatic rings. The Labute approximate surface area is 125 Å². The number of rotatable bonds is 5. The van der Waals surface area contributed by atoms with Crippen LogP contribution < -0.4 is 5.32 Å². The highest BCUT2D eigenvalue weighted by atomic mass is 32.1. The van der Waals surface area contributed by atoms with Crippen molar-refractivity contribution in [3.05, 3.63) is 28.6 Å². The maximum atomic E-state index is 8.66. The Balaban J connectivity index is 1.82. The minimum absolute atomic E-state index is 0.404. The number of thiazole rings is 1. The molecule has 0 aromatic carbocycles. The number of nitrogens with one attached hydrogen (secondary N) is 1. The molecule has 0 saturated carbocycles. The van der Waals surface area contributed by atoms with Gasteiger partial charge in [0.05, 0.1) is 47.9 Å². The first-order valence-corrected chi connectivity index (χ1v) is 7.34. The zero-order chi connectivity index (χ0) is 14.7. The molecule has 0 aliphatic carbocycles. The maximum absolute atomic E-state index is 8.66. The van der Waals surface area contributed by atoms with Crippen LogP contribution in [0.3, 0.4) is 0 Å². The van der Waals surface area contributed by atoms with Crippen molar-refractivity contribution in [2.24, 2.45) is 0 Å². The van der Waals surface area contributed by atoms with Gasteiger partial charge in [-0.3, -0.25) is 0 Å². The molecule has 8 heteroatoms. The molecule has 0 bridgehead atoms. The molecule has 21 heavy (non-hydrogen) atoms. The molecule has 0 spiro atoms. The number of nitrogens with zero attached hydrogens (tertiary/aromatic N) is 6. The quantitative estimate of drug-likeness (QED) is 0.775. The van der Waals surface area contributed by atoms with Crippen molar-refractivity contribution >= 4 is 28.2 Å². The second-order valence-electron chi connectivity index (χ2n) is 4.45. The minimum Gasteiger partial charge on any atom is -0.364 e. The second kappa shape index (κ2) is 5.85. The molecule has 0 atom stereocenters. The Morgan fingerprint density at radius 1 is 1.43 bits per heavy atom. The van der Waals surface area contributed by atoms with E-state index in [1.54, 1.807) is 22.2 Å². The Bertz CT molecular complexity index is 798. The Morgan fingerprint density at radius 2 is 2.33 bits per heavy atom. The van der Waals surface area contributed by atoms with Crippen LogP contribution in [0.4, 0.5) is 5.82 Å². The van der Waals surface area contributed by atoms with Gasteiger partial charge in [-0.2, -0.15) is 10.4 Å². The molecule has 3 aromatic heterocycles. The Morgan fingerprint density at radius 3 is 3.10 bits per heavy atom. The topological polar surface area (TPSA) is 92.3 Å². The van der Waals surface area contributed by atoms with Crippen LogP contribution in [0.15, 0.2) is 17.9 Å². The van der Waals surface area contributed by atoms with Gasteiger partial charge in [-0.05, 0) is 6.92 Å². The summed E-state index contributed by atoms with van der Waals surface area (Å²) in [4.78, 5) is 12.9. The Hall–Kier alpha value is -2.53. The molecule has 106 valence electrons. The van der Waals surface area contributed by atoms with Crippen LogP contribution in [0.2, 0.25) is 0 Å². The number of hydrogen-bond donors (Lipinski definition) is 1. The van der Waals surface area contributed by atoms with Crippen molar-refractivity contribution in [3.63, 3.8) is 0 Å². The average molecular weight is 299 g/mol. The molecule has 0 fully saturated rings. The summed E-state index contributed by atoms with van der Waals surface area (Å²) in [6, 6.07) is 2.11. The van der Waals surface area contributed by atoms with Crippen LogP contribution in [-0.4, -0.2) is 24.7 Å². The summed E-state index contributed by atoms with van der Waals surface area (Å²) < 4.78 is 1.72. The van der Waals surface area contributed by atoms with E-state index in [2.05, 4.69) is 31.4 Å². The minimum atomic E-state index is 0.404. The first kappa shape index (κ1) is 13.5. The third-order valence-electron chi connectivity index (χ3n) is 2.97. The SMILES string of the molecule is Cc1nc(CNc2ncnc3c2cnn3CCC#N)cs1. The first-order chi connectivity index (χ1) is 10.3. The lowest BCUT2D eigenvalue weighted by Gasteiger charge is -2.04. The summed E-state index contributed by atoms with van der Waals surface area (Å²) in [6.07, 6.45) is 3.63. The van der Waals surface area contributed by atoms with Crippen molar-refractivity contribution < 1.29 is 0 Å². The number of hydrogen-bond acceptors (Lipinski definition) is 7. The van der Waals surface area contributed by atoms with Crippen molar-refractivity contribution in [2.45, 2.75) is 26.4 Å². The van der Waals surface area contributed by atoms with E-state index in [0.29, 0.717) is 19.5 Å². The zero-order valence-electron chi connectivity index (χ0n) is 11.4. The van der Waals surface area contributed by atoms with Gasteiger partial charge in [0.25, 0.3) is 0 Å². The van der Waals surface area contributed by atoms with Crippen LogP contribution >= 0.6 is 11.3 Å². The molecule has 3 heterocycles. The number of nitriles is 1.